The molecule has 8 nitrogen and oxygen atoms in total. The first kappa shape index (κ1) is 26.2. The maximum Gasteiger partial charge on any atom is 0.322 e. The molecule has 0 aromatic heterocycles. The van der Waals surface area contributed by atoms with Crippen molar-refractivity contribution in [1.82, 2.24) is 16.0 Å². The number of imide groups is 1. The molecule has 3 rings (SSSR count). The number of carbonyl (C=O) groups excluding carboxylic acids is 4. The largest absolute Gasteiger partial charge is 0.461 e. The summed E-state index contributed by atoms with van der Waals surface area (Å²) in [7, 11) is 0. The van der Waals surface area contributed by atoms with Crippen molar-refractivity contribution in [3.8, 4) is 0 Å². The molecule has 0 radical (unpaired) electrons. The van der Waals surface area contributed by atoms with E-state index < -0.39 is 35.9 Å². The molecule has 3 N–H and O–H groups in total. The van der Waals surface area contributed by atoms with Crippen molar-refractivity contribution in [3.63, 3.8) is 0 Å². The average Bonchev–Trinajstić information content (AvgIpc) is 2.89. The number of amides is 4. The van der Waals surface area contributed by atoms with Gasteiger partial charge in [0.15, 0.2) is 0 Å². The van der Waals surface area contributed by atoms with Crippen LogP contribution in [0.25, 0.3) is 0 Å². The Kier molecular flexibility index (Phi) is 9.76. The number of carbonyl (C=O) groups is 4. The standard InChI is InChI=1S/C28H29N3O5/c1-20(32)29-24(17-18-25(33)36-19-21-11-5-2-6-12-21)27(34)31-28(35)30-26(22-13-7-3-8-14-22)23-15-9-4-10-16-23/h2-16,24,26H,17-19H2,1H3,(H,29,32)(H2,30,31,34,35). The van der Waals surface area contributed by atoms with E-state index in [9.17, 15) is 19.2 Å². The van der Waals surface area contributed by atoms with Crippen LogP contribution in [0.3, 0.4) is 0 Å². The molecule has 36 heavy (non-hydrogen) atoms. The highest BCUT2D eigenvalue weighted by Gasteiger charge is 2.24. The summed E-state index contributed by atoms with van der Waals surface area (Å²) in [5.74, 6) is -1.70. The summed E-state index contributed by atoms with van der Waals surface area (Å²) in [6.45, 7) is 1.37. The zero-order valence-corrected chi connectivity index (χ0v) is 20.0. The van der Waals surface area contributed by atoms with Crippen molar-refractivity contribution in [1.29, 1.82) is 0 Å². The van der Waals surface area contributed by atoms with Crippen molar-refractivity contribution in [3.05, 3.63) is 108 Å². The van der Waals surface area contributed by atoms with Crippen LogP contribution in [-0.4, -0.2) is 29.9 Å². The predicted molar refractivity (Wildman–Crippen MR) is 134 cm³/mol. The van der Waals surface area contributed by atoms with Gasteiger partial charge in [0.25, 0.3) is 5.91 Å². The molecule has 0 heterocycles. The molecule has 0 bridgehead atoms. The maximum absolute atomic E-state index is 12.8. The fourth-order valence-corrected chi connectivity index (χ4v) is 3.60. The Morgan fingerprint density at radius 1 is 0.750 bits per heavy atom. The summed E-state index contributed by atoms with van der Waals surface area (Å²) in [5, 5.41) is 7.59. The van der Waals surface area contributed by atoms with Gasteiger partial charge in [0.05, 0.1) is 6.04 Å². The van der Waals surface area contributed by atoms with Gasteiger partial charge in [0.1, 0.15) is 12.6 Å². The molecule has 0 aliphatic rings. The van der Waals surface area contributed by atoms with Crippen molar-refractivity contribution in [2.75, 3.05) is 0 Å². The monoisotopic (exact) mass is 487 g/mol. The molecule has 8 heteroatoms. The van der Waals surface area contributed by atoms with Crippen LogP contribution >= 0.6 is 0 Å². The Balaban J connectivity index is 1.59. The lowest BCUT2D eigenvalue weighted by Crippen LogP contribution is -2.51. The van der Waals surface area contributed by atoms with E-state index in [0.717, 1.165) is 16.7 Å². The molecule has 1 unspecified atom stereocenters. The van der Waals surface area contributed by atoms with Crippen LogP contribution in [0.15, 0.2) is 91.0 Å². The van der Waals surface area contributed by atoms with Crippen LogP contribution in [0, 0.1) is 0 Å². The third-order valence-corrected chi connectivity index (χ3v) is 5.35. The molecule has 3 aromatic carbocycles. The average molecular weight is 488 g/mol. The lowest BCUT2D eigenvalue weighted by molar-refractivity contribution is -0.145. The molecule has 0 fully saturated rings. The number of urea groups is 1. The third kappa shape index (κ3) is 8.39. The number of benzene rings is 3. The van der Waals surface area contributed by atoms with E-state index in [1.54, 1.807) is 0 Å². The van der Waals surface area contributed by atoms with E-state index in [0.29, 0.717) is 0 Å². The van der Waals surface area contributed by atoms with E-state index in [4.69, 9.17) is 4.74 Å². The highest BCUT2D eigenvalue weighted by molar-refractivity contribution is 5.98. The SMILES string of the molecule is CC(=O)NC(CCC(=O)OCc1ccccc1)C(=O)NC(=O)NC(c1ccccc1)c1ccccc1. The molecule has 0 saturated heterocycles. The van der Waals surface area contributed by atoms with Crippen LogP contribution < -0.4 is 16.0 Å². The first-order valence-electron chi connectivity index (χ1n) is 11.6. The van der Waals surface area contributed by atoms with E-state index in [-0.39, 0.29) is 19.4 Å². The van der Waals surface area contributed by atoms with Gasteiger partial charge >= 0.3 is 12.0 Å². The molecular formula is C28H29N3O5. The predicted octanol–water partition coefficient (Wildman–Crippen LogP) is 3.63. The van der Waals surface area contributed by atoms with Gasteiger partial charge in [0, 0.05) is 13.3 Å². The Hall–Kier alpha value is -4.46. The normalized spacial score (nSPS) is 11.3. The van der Waals surface area contributed by atoms with Crippen molar-refractivity contribution >= 4 is 23.8 Å². The minimum absolute atomic E-state index is 0.0207. The molecule has 4 amide bonds. The Morgan fingerprint density at radius 3 is 1.81 bits per heavy atom. The van der Waals surface area contributed by atoms with Gasteiger partial charge < -0.3 is 15.4 Å². The van der Waals surface area contributed by atoms with E-state index in [1.165, 1.54) is 6.92 Å². The zero-order chi connectivity index (χ0) is 25.8. The molecule has 3 aromatic rings. The fourth-order valence-electron chi connectivity index (χ4n) is 3.60. The number of hydrogen-bond acceptors (Lipinski definition) is 5. The van der Waals surface area contributed by atoms with Crippen LogP contribution in [0.4, 0.5) is 4.79 Å². The van der Waals surface area contributed by atoms with Crippen molar-refractivity contribution in [2.45, 2.75) is 38.5 Å². The smallest absolute Gasteiger partial charge is 0.322 e. The highest BCUT2D eigenvalue weighted by Crippen LogP contribution is 2.21. The summed E-state index contributed by atoms with van der Waals surface area (Å²) in [6.07, 6.45) is -0.128. The van der Waals surface area contributed by atoms with Crippen LogP contribution in [-0.2, 0) is 25.7 Å². The van der Waals surface area contributed by atoms with Crippen LogP contribution in [0.5, 0.6) is 0 Å². The minimum Gasteiger partial charge on any atom is -0.461 e. The molecule has 0 spiro atoms. The van der Waals surface area contributed by atoms with Gasteiger partial charge in [-0.25, -0.2) is 4.79 Å². The number of esters is 1. The summed E-state index contributed by atoms with van der Waals surface area (Å²) >= 11 is 0. The van der Waals surface area contributed by atoms with Crippen LogP contribution in [0.2, 0.25) is 0 Å². The molecule has 1 atom stereocenters. The topological polar surface area (TPSA) is 114 Å². The van der Waals surface area contributed by atoms with Crippen molar-refractivity contribution in [2.24, 2.45) is 0 Å². The van der Waals surface area contributed by atoms with E-state index >= 15 is 0 Å². The van der Waals surface area contributed by atoms with Gasteiger partial charge in [-0.15, -0.1) is 0 Å². The van der Waals surface area contributed by atoms with Crippen molar-refractivity contribution < 1.29 is 23.9 Å². The lowest BCUT2D eigenvalue weighted by atomic mass is 9.99. The molecule has 0 saturated carbocycles. The summed E-state index contributed by atoms with van der Waals surface area (Å²) in [4.78, 5) is 49.4. The highest BCUT2D eigenvalue weighted by atomic mass is 16.5. The summed E-state index contributed by atoms with van der Waals surface area (Å²) < 4.78 is 5.23. The molecule has 0 aliphatic heterocycles. The van der Waals surface area contributed by atoms with Crippen LogP contribution in [0.1, 0.15) is 42.5 Å². The quantitative estimate of drug-likeness (QED) is 0.378. The van der Waals surface area contributed by atoms with Gasteiger partial charge in [-0.1, -0.05) is 91.0 Å². The second kappa shape index (κ2) is 13.4. The second-order valence-electron chi connectivity index (χ2n) is 8.16. The first-order chi connectivity index (χ1) is 17.4. The third-order valence-electron chi connectivity index (χ3n) is 5.35. The Labute approximate surface area is 210 Å². The molecule has 186 valence electrons. The Bertz CT molecular complexity index is 1110. The van der Waals surface area contributed by atoms with E-state index in [1.807, 2.05) is 91.0 Å². The number of ether oxygens (including phenoxy) is 1. The van der Waals surface area contributed by atoms with E-state index in [2.05, 4.69) is 16.0 Å². The fraction of sp³-hybridized carbons (Fsp3) is 0.214. The van der Waals surface area contributed by atoms with Gasteiger partial charge in [0.2, 0.25) is 5.91 Å². The second-order valence-corrected chi connectivity index (χ2v) is 8.16. The van der Waals surface area contributed by atoms with Gasteiger partial charge in [-0.05, 0) is 23.1 Å². The number of hydrogen-bond donors (Lipinski definition) is 3. The Morgan fingerprint density at radius 2 is 1.28 bits per heavy atom. The molecule has 0 aliphatic carbocycles. The first-order valence-corrected chi connectivity index (χ1v) is 11.6. The summed E-state index contributed by atoms with van der Waals surface area (Å²) in [6, 6.07) is 25.6. The minimum atomic E-state index is -1.08. The zero-order valence-electron chi connectivity index (χ0n) is 20.0. The summed E-state index contributed by atoms with van der Waals surface area (Å²) in [5.41, 5.74) is 2.52. The maximum atomic E-state index is 12.8. The lowest BCUT2D eigenvalue weighted by Gasteiger charge is -2.21. The number of nitrogens with one attached hydrogen (secondary N) is 3. The van der Waals surface area contributed by atoms with Gasteiger partial charge in [-0.2, -0.15) is 0 Å². The molecular weight excluding hydrogens is 458 g/mol. The van der Waals surface area contributed by atoms with Gasteiger partial charge in [-0.3, -0.25) is 19.7 Å². The number of rotatable bonds is 10.